The largest absolute Gasteiger partial charge is 0.477 e. The summed E-state index contributed by atoms with van der Waals surface area (Å²) in [7, 11) is 0. The minimum Gasteiger partial charge on any atom is -0.477 e. The number of aromatic carboxylic acids is 1. The van der Waals surface area contributed by atoms with E-state index in [2.05, 4.69) is 9.97 Å². The van der Waals surface area contributed by atoms with E-state index in [1.165, 1.54) is 18.3 Å². The molecule has 2 rings (SSSR count). The van der Waals surface area contributed by atoms with E-state index in [0.717, 1.165) is 5.56 Å². The Morgan fingerprint density at radius 1 is 1.56 bits per heavy atom. The highest BCUT2D eigenvalue weighted by Gasteiger charge is 2.15. The van der Waals surface area contributed by atoms with Crippen molar-refractivity contribution in [2.75, 3.05) is 0 Å². The Kier molecular flexibility index (Phi) is 2.57. The molecule has 16 heavy (non-hydrogen) atoms. The van der Waals surface area contributed by atoms with Gasteiger partial charge in [0, 0.05) is 10.9 Å². The maximum Gasteiger partial charge on any atom is 0.343 e. The van der Waals surface area contributed by atoms with Gasteiger partial charge in [-0.2, -0.15) is 11.3 Å². The van der Waals surface area contributed by atoms with Crippen molar-refractivity contribution in [2.45, 2.75) is 6.92 Å². The lowest BCUT2D eigenvalue weighted by atomic mass is 10.2. The molecule has 0 bridgehead atoms. The van der Waals surface area contributed by atoms with E-state index in [-0.39, 0.29) is 11.3 Å². The zero-order valence-corrected chi connectivity index (χ0v) is 9.17. The standard InChI is InChI=1S/C10H8N2O3S/c1-5-7(10(14)15)9(13)12-8(11-5)6-2-3-16-4-6/h2-4H,1H3,(H,14,15)(H,11,12,13). The van der Waals surface area contributed by atoms with Crippen LogP contribution in [-0.4, -0.2) is 21.0 Å². The maximum atomic E-state index is 11.5. The van der Waals surface area contributed by atoms with E-state index < -0.39 is 11.5 Å². The summed E-state index contributed by atoms with van der Waals surface area (Å²) in [5, 5.41) is 12.5. The molecule has 2 heterocycles. The van der Waals surface area contributed by atoms with Crippen LogP contribution in [0, 0.1) is 6.92 Å². The molecule has 0 saturated heterocycles. The second kappa shape index (κ2) is 3.90. The van der Waals surface area contributed by atoms with E-state index in [1.54, 1.807) is 0 Å². The third kappa shape index (κ3) is 1.74. The number of hydrogen-bond donors (Lipinski definition) is 2. The minimum atomic E-state index is -1.26. The third-order valence-corrected chi connectivity index (χ3v) is 2.79. The minimum absolute atomic E-state index is 0.220. The predicted molar refractivity (Wildman–Crippen MR) is 59.9 cm³/mol. The number of carbonyl (C=O) groups is 1. The van der Waals surface area contributed by atoms with Crippen molar-refractivity contribution in [1.29, 1.82) is 0 Å². The number of aryl methyl sites for hydroxylation is 1. The zero-order valence-electron chi connectivity index (χ0n) is 8.35. The van der Waals surface area contributed by atoms with Gasteiger partial charge in [-0.3, -0.25) is 4.79 Å². The van der Waals surface area contributed by atoms with Gasteiger partial charge in [-0.25, -0.2) is 9.78 Å². The van der Waals surface area contributed by atoms with Crippen LogP contribution in [0.1, 0.15) is 16.1 Å². The summed E-state index contributed by atoms with van der Waals surface area (Å²) in [5.41, 5.74) is 0.0692. The summed E-state index contributed by atoms with van der Waals surface area (Å²) in [5.74, 6) is -0.864. The highest BCUT2D eigenvalue weighted by Crippen LogP contribution is 2.17. The summed E-state index contributed by atoms with van der Waals surface area (Å²) >= 11 is 1.48. The average molecular weight is 236 g/mol. The smallest absolute Gasteiger partial charge is 0.343 e. The molecule has 0 spiro atoms. The van der Waals surface area contributed by atoms with Crippen molar-refractivity contribution in [3.63, 3.8) is 0 Å². The van der Waals surface area contributed by atoms with Crippen molar-refractivity contribution in [3.8, 4) is 11.4 Å². The molecule has 0 aliphatic rings. The Morgan fingerprint density at radius 2 is 2.31 bits per heavy atom. The van der Waals surface area contributed by atoms with E-state index in [9.17, 15) is 9.59 Å². The number of nitrogens with one attached hydrogen (secondary N) is 1. The molecule has 5 nitrogen and oxygen atoms in total. The van der Waals surface area contributed by atoms with Crippen LogP contribution in [0.25, 0.3) is 11.4 Å². The Labute approximate surface area is 94.4 Å². The van der Waals surface area contributed by atoms with Crippen LogP contribution in [0.3, 0.4) is 0 Å². The summed E-state index contributed by atoms with van der Waals surface area (Å²) < 4.78 is 0. The zero-order chi connectivity index (χ0) is 11.7. The first-order valence-electron chi connectivity index (χ1n) is 4.46. The normalized spacial score (nSPS) is 10.3. The Morgan fingerprint density at radius 3 is 2.81 bits per heavy atom. The number of thiophene rings is 1. The van der Waals surface area contributed by atoms with Crippen LogP contribution in [0.15, 0.2) is 21.6 Å². The topological polar surface area (TPSA) is 83.0 Å². The van der Waals surface area contributed by atoms with Crippen LogP contribution < -0.4 is 5.56 Å². The van der Waals surface area contributed by atoms with Crippen LogP contribution in [0.5, 0.6) is 0 Å². The Hall–Kier alpha value is -1.95. The maximum absolute atomic E-state index is 11.5. The molecule has 0 aliphatic heterocycles. The SMILES string of the molecule is Cc1nc(-c2ccsc2)[nH]c(=O)c1C(=O)O. The fourth-order valence-electron chi connectivity index (χ4n) is 1.37. The molecule has 0 fully saturated rings. The first-order valence-corrected chi connectivity index (χ1v) is 5.40. The summed E-state index contributed by atoms with van der Waals surface area (Å²) in [6.07, 6.45) is 0. The van der Waals surface area contributed by atoms with Gasteiger partial charge in [0.1, 0.15) is 11.4 Å². The molecule has 0 aromatic carbocycles. The van der Waals surface area contributed by atoms with Crippen molar-refractivity contribution in [3.05, 3.63) is 38.4 Å². The lowest BCUT2D eigenvalue weighted by Gasteiger charge is -2.02. The van der Waals surface area contributed by atoms with Crippen molar-refractivity contribution in [2.24, 2.45) is 0 Å². The van der Waals surface area contributed by atoms with Crippen LogP contribution in [0.4, 0.5) is 0 Å². The second-order valence-corrected chi connectivity index (χ2v) is 3.97. The first kappa shape index (κ1) is 10.6. The molecule has 0 aliphatic carbocycles. The van der Waals surface area contributed by atoms with Crippen molar-refractivity contribution < 1.29 is 9.90 Å². The molecule has 0 unspecified atom stereocenters. The number of carboxylic acids is 1. The van der Waals surface area contributed by atoms with Gasteiger partial charge in [-0.1, -0.05) is 0 Å². The van der Waals surface area contributed by atoms with E-state index >= 15 is 0 Å². The summed E-state index contributed by atoms with van der Waals surface area (Å²) in [6, 6.07) is 1.81. The van der Waals surface area contributed by atoms with Gasteiger partial charge in [0.05, 0.1) is 5.69 Å². The molecule has 0 saturated carbocycles. The van der Waals surface area contributed by atoms with Gasteiger partial charge >= 0.3 is 5.97 Å². The number of aromatic nitrogens is 2. The van der Waals surface area contributed by atoms with E-state index in [4.69, 9.17) is 5.11 Å². The molecule has 2 aromatic rings. The Bertz CT molecular complexity index is 587. The predicted octanol–water partition coefficient (Wildman–Crippen LogP) is 1.51. The molecule has 0 atom stereocenters. The average Bonchev–Trinajstić information content (AvgIpc) is 2.67. The lowest BCUT2D eigenvalue weighted by Crippen LogP contribution is -2.21. The number of hydrogen-bond acceptors (Lipinski definition) is 4. The lowest BCUT2D eigenvalue weighted by molar-refractivity contribution is 0.0693. The summed E-state index contributed by atoms with van der Waals surface area (Å²) in [6.45, 7) is 1.51. The molecule has 0 radical (unpaired) electrons. The number of H-pyrrole nitrogens is 1. The summed E-state index contributed by atoms with van der Waals surface area (Å²) in [4.78, 5) is 28.8. The number of carboxylic acid groups (broad SMARTS) is 1. The van der Waals surface area contributed by atoms with Gasteiger partial charge < -0.3 is 10.1 Å². The molecule has 2 aromatic heterocycles. The third-order valence-electron chi connectivity index (χ3n) is 2.11. The number of nitrogens with zero attached hydrogens (tertiary/aromatic N) is 1. The number of aromatic amines is 1. The fourth-order valence-corrected chi connectivity index (χ4v) is 2.01. The highest BCUT2D eigenvalue weighted by atomic mass is 32.1. The second-order valence-electron chi connectivity index (χ2n) is 3.19. The van der Waals surface area contributed by atoms with Gasteiger partial charge in [0.15, 0.2) is 0 Å². The molecular weight excluding hydrogens is 228 g/mol. The molecule has 2 N–H and O–H groups in total. The molecule has 0 amide bonds. The Balaban J connectivity index is 2.63. The van der Waals surface area contributed by atoms with Gasteiger partial charge in [0.25, 0.3) is 5.56 Å². The van der Waals surface area contributed by atoms with Gasteiger partial charge in [0.2, 0.25) is 0 Å². The van der Waals surface area contributed by atoms with Crippen molar-refractivity contribution in [1.82, 2.24) is 9.97 Å². The first-order chi connectivity index (χ1) is 7.59. The van der Waals surface area contributed by atoms with Crippen molar-refractivity contribution >= 4 is 17.3 Å². The van der Waals surface area contributed by atoms with E-state index in [0.29, 0.717) is 5.82 Å². The van der Waals surface area contributed by atoms with Gasteiger partial charge in [-0.15, -0.1) is 0 Å². The van der Waals surface area contributed by atoms with E-state index in [1.807, 2.05) is 16.8 Å². The monoisotopic (exact) mass is 236 g/mol. The number of rotatable bonds is 2. The van der Waals surface area contributed by atoms with Crippen LogP contribution in [-0.2, 0) is 0 Å². The van der Waals surface area contributed by atoms with Gasteiger partial charge in [-0.05, 0) is 18.4 Å². The van der Waals surface area contributed by atoms with Crippen LogP contribution in [0.2, 0.25) is 0 Å². The molecule has 82 valence electrons. The fraction of sp³-hybridized carbons (Fsp3) is 0.100. The molecular formula is C10H8N2O3S. The van der Waals surface area contributed by atoms with Crippen LogP contribution >= 0.6 is 11.3 Å². The highest BCUT2D eigenvalue weighted by molar-refractivity contribution is 7.08. The molecule has 6 heteroatoms. The quantitative estimate of drug-likeness (QED) is 0.827.